The maximum atomic E-state index is 12.8. The zero-order chi connectivity index (χ0) is 36.6. The summed E-state index contributed by atoms with van der Waals surface area (Å²) >= 11 is 0. The molecular formula is C40H44N6O6. The summed E-state index contributed by atoms with van der Waals surface area (Å²) in [6.07, 6.45) is 2.45. The van der Waals surface area contributed by atoms with Crippen molar-refractivity contribution >= 4 is 40.4 Å². The van der Waals surface area contributed by atoms with Crippen LogP contribution >= 0.6 is 0 Å². The van der Waals surface area contributed by atoms with Gasteiger partial charge in [-0.15, -0.1) is 0 Å². The Bertz CT molecular complexity index is 2080. The van der Waals surface area contributed by atoms with E-state index in [1.54, 1.807) is 28.8 Å². The molecule has 52 heavy (non-hydrogen) atoms. The molecule has 0 saturated heterocycles. The van der Waals surface area contributed by atoms with Gasteiger partial charge in [-0.25, -0.2) is 14.4 Å². The first kappa shape index (κ1) is 35.8. The van der Waals surface area contributed by atoms with E-state index in [1.807, 2.05) is 60.7 Å². The number of ether oxygens (including phenoxy) is 1. The highest BCUT2D eigenvalue weighted by atomic mass is 16.5. The minimum Gasteiger partial charge on any atom is -0.480 e. The number of carboxylic acids is 1. The normalized spacial score (nSPS) is 12.6. The Balaban J connectivity index is 0.950. The number of unbranched alkanes of at least 4 members (excludes halogenated alkanes) is 2. The number of anilines is 2. The number of hydrogen-bond donors (Lipinski definition) is 6. The maximum Gasteiger partial charge on any atom is 0.407 e. The van der Waals surface area contributed by atoms with Gasteiger partial charge in [0.1, 0.15) is 12.6 Å². The van der Waals surface area contributed by atoms with Crippen molar-refractivity contribution in [2.24, 2.45) is 0 Å². The van der Waals surface area contributed by atoms with Gasteiger partial charge < -0.3 is 36.5 Å². The average Bonchev–Trinajstić information content (AvgIpc) is 3.64. The van der Waals surface area contributed by atoms with Crippen LogP contribution in [0.4, 0.5) is 16.2 Å². The van der Waals surface area contributed by atoms with E-state index in [0.717, 1.165) is 52.9 Å². The molecule has 0 fully saturated rings. The predicted octanol–water partition coefficient (Wildman–Crippen LogP) is 6.06. The lowest BCUT2D eigenvalue weighted by Crippen LogP contribution is -2.41. The first-order chi connectivity index (χ1) is 25.2. The molecule has 12 nitrogen and oxygen atoms in total. The minimum atomic E-state index is -1.15. The smallest absolute Gasteiger partial charge is 0.407 e. The fourth-order valence-corrected chi connectivity index (χ4v) is 6.71. The third kappa shape index (κ3) is 8.12. The number of amides is 2. The Morgan fingerprint density at radius 2 is 1.62 bits per heavy atom. The van der Waals surface area contributed by atoms with E-state index in [4.69, 9.17) is 10.5 Å². The number of carbonyl (C=O) groups excluding carboxylic acids is 2. The van der Waals surface area contributed by atoms with E-state index in [0.29, 0.717) is 48.2 Å². The largest absolute Gasteiger partial charge is 0.480 e. The highest BCUT2D eigenvalue weighted by Crippen LogP contribution is 2.44. The molecule has 6 rings (SSSR count). The predicted molar refractivity (Wildman–Crippen MR) is 202 cm³/mol. The van der Waals surface area contributed by atoms with Crippen molar-refractivity contribution in [1.29, 1.82) is 0 Å². The highest BCUT2D eigenvalue weighted by Gasteiger charge is 2.29. The number of carbonyl (C=O) groups is 3. The van der Waals surface area contributed by atoms with Gasteiger partial charge in [0, 0.05) is 30.3 Å². The lowest BCUT2D eigenvalue weighted by atomic mass is 9.98. The van der Waals surface area contributed by atoms with E-state index in [9.17, 15) is 24.3 Å². The number of aliphatic carboxylic acids is 1. The van der Waals surface area contributed by atoms with Crippen molar-refractivity contribution in [3.8, 4) is 11.1 Å². The zero-order valence-electron chi connectivity index (χ0n) is 29.1. The fraction of sp³-hybridized carbons (Fsp3) is 0.300. The van der Waals surface area contributed by atoms with Crippen LogP contribution in [0.15, 0.2) is 89.7 Å². The Labute approximate surface area is 301 Å². The van der Waals surface area contributed by atoms with Gasteiger partial charge >= 0.3 is 17.8 Å². The van der Waals surface area contributed by atoms with Gasteiger partial charge in [-0.3, -0.25) is 9.36 Å². The SMILES string of the molecule is CCCCNc1cc(N)c2[nH]c(=O)n(Cc3ccc(C(=O)NCCCC[C@H](NC(=O)OCC4c5ccccc5-c5ccccc54)C(=O)O)cc3)c2c1. The van der Waals surface area contributed by atoms with Crippen LogP contribution in [0.1, 0.15) is 72.0 Å². The number of aromatic nitrogens is 2. The molecule has 7 N–H and O–H groups in total. The number of nitrogen functional groups attached to an aromatic ring is 1. The number of nitrogens with one attached hydrogen (secondary N) is 4. The van der Waals surface area contributed by atoms with Gasteiger partial charge in [0.05, 0.1) is 23.3 Å². The van der Waals surface area contributed by atoms with Crippen LogP contribution in [0.2, 0.25) is 0 Å². The van der Waals surface area contributed by atoms with E-state index in [2.05, 4.69) is 27.9 Å². The number of aromatic amines is 1. The van der Waals surface area contributed by atoms with Crippen LogP contribution in [0, 0.1) is 0 Å². The summed E-state index contributed by atoms with van der Waals surface area (Å²) in [6.45, 7) is 3.65. The lowest BCUT2D eigenvalue weighted by Gasteiger charge is -2.17. The van der Waals surface area contributed by atoms with Crippen LogP contribution in [0.5, 0.6) is 0 Å². The summed E-state index contributed by atoms with van der Waals surface area (Å²) in [4.78, 5) is 53.0. The molecule has 5 aromatic rings. The number of nitrogens with two attached hydrogens (primary N) is 1. The Morgan fingerprint density at radius 3 is 2.29 bits per heavy atom. The summed E-state index contributed by atoms with van der Waals surface area (Å²) in [6, 6.07) is 25.6. The van der Waals surface area contributed by atoms with Crippen molar-refractivity contribution in [2.45, 2.75) is 57.5 Å². The van der Waals surface area contributed by atoms with Crippen LogP contribution < -0.4 is 27.4 Å². The van der Waals surface area contributed by atoms with E-state index in [-0.39, 0.29) is 30.5 Å². The fourth-order valence-electron chi connectivity index (χ4n) is 6.71. The molecule has 0 spiro atoms. The number of nitrogens with zero attached hydrogens (tertiary/aromatic N) is 1. The third-order valence-corrected chi connectivity index (χ3v) is 9.47. The monoisotopic (exact) mass is 704 g/mol. The molecule has 0 unspecified atom stereocenters. The number of carboxylic acid groups (broad SMARTS) is 1. The van der Waals surface area contributed by atoms with E-state index in [1.165, 1.54) is 0 Å². The van der Waals surface area contributed by atoms with Gasteiger partial charge in [0.2, 0.25) is 0 Å². The third-order valence-electron chi connectivity index (χ3n) is 9.47. The van der Waals surface area contributed by atoms with E-state index >= 15 is 0 Å². The number of rotatable bonds is 16. The van der Waals surface area contributed by atoms with Crippen molar-refractivity contribution < 1.29 is 24.2 Å². The lowest BCUT2D eigenvalue weighted by molar-refractivity contribution is -0.139. The molecule has 4 aromatic carbocycles. The molecule has 0 bridgehead atoms. The summed E-state index contributed by atoms with van der Waals surface area (Å²) in [7, 11) is 0. The summed E-state index contributed by atoms with van der Waals surface area (Å²) in [5.74, 6) is -1.55. The van der Waals surface area contributed by atoms with Crippen molar-refractivity contribution in [2.75, 3.05) is 30.7 Å². The van der Waals surface area contributed by atoms with Crippen molar-refractivity contribution in [3.05, 3.63) is 118 Å². The van der Waals surface area contributed by atoms with Crippen molar-refractivity contribution in [1.82, 2.24) is 20.2 Å². The molecule has 0 radical (unpaired) electrons. The van der Waals surface area contributed by atoms with Gasteiger partial charge in [0.25, 0.3) is 5.91 Å². The van der Waals surface area contributed by atoms with Crippen LogP contribution in [-0.2, 0) is 16.1 Å². The molecule has 1 aromatic heterocycles. The van der Waals surface area contributed by atoms with Gasteiger partial charge in [-0.05, 0) is 77.8 Å². The second kappa shape index (κ2) is 16.3. The molecule has 1 atom stereocenters. The highest BCUT2D eigenvalue weighted by molar-refractivity contribution is 5.94. The Morgan fingerprint density at radius 1 is 0.923 bits per heavy atom. The van der Waals surface area contributed by atoms with Gasteiger partial charge in [0.15, 0.2) is 0 Å². The Hall–Kier alpha value is -6.04. The number of fused-ring (bicyclic) bond motifs is 4. The number of benzene rings is 4. The molecule has 1 aliphatic rings. The zero-order valence-corrected chi connectivity index (χ0v) is 29.1. The minimum absolute atomic E-state index is 0.0909. The summed E-state index contributed by atoms with van der Waals surface area (Å²) in [5.41, 5.74) is 14.2. The molecule has 1 aliphatic carbocycles. The van der Waals surface area contributed by atoms with Crippen molar-refractivity contribution in [3.63, 3.8) is 0 Å². The number of alkyl carbamates (subject to hydrolysis) is 1. The molecule has 12 heteroatoms. The molecule has 2 amide bonds. The van der Waals surface area contributed by atoms with Gasteiger partial charge in [-0.1, -0.05) is 74.0 Å². The average molecular weight is 705 g/mol. The number of hydrogen-bond acceptors (Lipinski definition) is 7. The number of H-pyrrole nitrogens is 1. The second-order valence-electron chi connectivity index (χ2n) is 13.1. The quantitative estimate of drug-likeness (QED) is 0.0529. The van der Waals surface area contributed by atoms with Crippen LogP contribution in [0.25, 0.3) is 22.2 Å². The van der Waals surface area contributed by atoms with Crippen LogP contribution in [0.3, 0.4) is 0 Å². The summed E-state index contributed by atoms with van der Waals surface area (Å²) in [5, 5.41) is 18.4. The summed E-state index contributed by atoms with van der Waals surface area (Å²) < 4.78 is 7.14. The van der Waals surface area contributed by atoms with Crippen LogP contribution in [-0.4, -0.2) is 58.4 Å². The first-order valence-electron chi connectivity index (χ1n) is 17.7. The van der Waals surface area contributed by atoms with E-state index < -0.39 is 18.1 Å². The molecule has 270 valence electrons. The maximum absolute atomic E-state index is 12.8. The molecule has 1 heterocycles. The standard InChI is InChI=1S/C40H44N6O6/c1-2-3-19-42-27-21-33(41)36-35(22-27)46(39(50)45-36)23-25-15-17-26(18-16-25)37(47)43-20-9-8-14-34(38(48)49)44-40(51)52-24-32-30-12-6-4-10-28(30)29-11-5-7-13-31(29)32/h4-7,10-13,15-18,21-22,32,34,42H,2-3,8-9,14,19-20,23-24,41H2,1H3,(H,43,47)(H,44,51)(H,45,50)(H,48,49)/t34-/m0/s1. The second-order valence-corrected chi connectivity index (χ2v) is 13.1. The van der Waals surface area contributed by atoms with Gasteiger partial charge in [-0.2, -0.15) is 0 Å². The number of imidazole rings is 1. The molecule has 0 aliphatic heterocycles. The molecule has 0 saturated carbocycles. The molecular weight excluding hydrogens is 660 g/mol. The Kier molecular flexibility index (Phi) is 11.2. The topological polar surface area (TPSA) is 181 Å². The first-order valence-corrected chi connectivity index (χ1v) is 17.7.